The highest BCUT2D eigenvalue weighted by Crippen LogP contribution is 2.22. The van der Waals surface area contributed by atoms with Crippen LogP contribution in [0.15, 0.2) is 77.6 Å². The lowest BCUT2D eigenvalue weighted by Gasteiger charge is -2.19. The van der Waals surface area contributed by atoms with Crippen molar-refractivity contribution >= 4 is 22.6 Å². The summed E-state index contributed by atoms with van der Waals surface area (Å²) in [6.07, 6.45) is 0. The van der Waals surface area contributed by atoms with Crippen LogP contribution in [-0.4, -0.2) is 4.73 Å². The molecule has 0 saturated heterocycles. The van der Waals surface area contributed by atoms with Gasteiger partial charge in [0.15, 0.2) is 5.52 Å². The second kappa shape index (κ2) is 8.08. The van der Waals surface area contributed by atoms with E-state index in [1.165, 1.54) is 10.3 Å². The van der Waals surface area contributed by atoms with Gasteiger partial charge in [-0.05, 0) is 46.9 Å². The maximum Gasteiger partial charge on any atom is 0.357 e. The number of fused-ring (bicyclic) bond motifs is 1. The minimum Gasteiger partial charge on any atom is -0.618 e. The quantitative estimate of drug-likeness (QED) is 0.339. The van der Waals surface area contributed by atoms with Crippen LogP contribution in [0.2, 0.25) is 5.02 Å². The van der Waals surface area contributed by atoms with Gasteiger partial charge in [0.2, 0.25) is 5.52 Å². The van der Waals surface area contributed by atoms with Gasteiger partial charge in [0.05, 0.1) is 5.56 Å². The van der Waals surface area contributed by atoms with Gasteiger partial charge in [-0.15, -0.1) is 4.73 Å². The summed E-state index contributed by atoms with van der Waals surface area (Å²) in [6, 6.07) is 21.6. The standard InChI is InChI=1S/C25H23ClN2O3/c1-25(2,3)19-12-8-17(9-13-19)16-31-28-22-7-5-4-6-21(22)27(30)23(24(28)29)18-10-14-20(26)15-11-18/h4-15H,16H2,1-3H3. The van der Waals surface area contributed by atoms with E-state index in [0.29, 0.717) is 26.3 Å². The van der Waals surface area contributed by atoms with Crippen LogP contribution in [-0.2, 0) is 12.0 Å². The van der Waals surface area contributed by atoms with Gasteiger partial charge < -0.3 is 10.0 Å². The van der Waals surface area contributed by atoms with Crippen molar-refractivity contribution in [2.75, 3.05) is 0 Å². The first-order valence-electron chi connectivity index (χ1n) is 10.0. The Labute approximate surface area is 185 Å². The van der Waals surface area contributed by atoms with Crippen LogP contribution in [0.25, 0.3) is 22.3 Å². The van der Waals surface area contributed by atoms with E-state index in [0.717, 1.165) is 5.56 Å². The molecule has 1 aromatic heterocycles. The van der Waals surface area contributed by atoms with Gasteiger partial charge in [0.1, 0.15) is 6.61 Å². The van der Waals surface area contributed by atoms with Gasteiger partial charge in [-0.25, -0.2) is 0 Å². The summed E-state index contributed by atoms with van der Waals surface area (Å²) in [5, 5.41) is 13.5. The second-order valence-electron chi connectivity index (χ2n) is 8.46. The Morgan fingerprint density at radius 2 is 1.61 bits per heavy atom. The second-order valence-corrected chi connectivity index (χ2v) is 8.89. The van der Waals surface area contributed by atoms with Crippen LogP contribution in [0.5, 0.6) is 0 Å². The average molecular weight is 435 g/mol. The van der Waals surface area contributed by atoms with Crippen LogP contribution in [0.1, 0.15) is 31.9 Å². The lowest BCUT2D eigenvalue weighted by Crippen LogP contribution is -2.42. The summed E-state index contributed by atoms with van der Waals surface area (Å²) in [4.78, 5) is 19.2. The lowest BCUT2D eigenvalue weighted by molar-refractivity contribution is -0.566. The van der Waals surface area contributed by atoms with Crippen molar-refractivity contribution in [2.24, 2.45) is 0 Å². The molecule has 4 aromatic rings. The summed E-state index contributed by atoms with van der Waals surface area (Å²) in [5.74, 6) is 0. The Kier molecular flexibility index (Phi) is 5.46. The van der Waals surface area contributed by atoms with E-state index in [2.05, 4.69) is 32.9 Å². The zero-order valence-corrected chi connectivity index (χ0v) is 18.4. The third kappa shape index (κ3) is 4.14. The Hall–Kier alpha value is -3.31. The molecule has 0 aliphatic rings. The molecule has 0 radical (unpaired) electrons. The minimum atomic E-state index is -0.526. The SMILES string of the molecule is CC(C)(C)c1ccc(COn2c(=O)c(-c3ccc(Cl)cc3)[n+]([O-])c3ccccc32)cc1. The van der Waals surface area contributed by atoms with Gasteiger partial charge >= 0.3 is 5.56 Å². The van der Waals surface area contributed by atoms with Crippen LogP contribution in [0.4, 0.5) is 0 Å². The number of rotatable bonds is 4. The summed E-state index contributed by atoms with van der Waals surface area (Å²) in [7, 11) is 0. The number of hydrogen-bond donors (Lipinski definition) is 0. The molecule has 0 bridgehead atoms. The predicted octanol–water partition coefficient (Wildman–Crippen LogP) is 4.88. The zero-order chi connectivity index (χ0) is 22.2. The minimum absolute atomic E-state index is 0.0153. The topological polar surface area (TPSA) is 58.2 Å². The molecule has 4 rings (SSSR count). The lowest BCUT2D eigenvalue weighted by atomic mass is 9.87. The summed E-state index contributed by atoms with van der Waals surface area (Å²) in [6.45, 7) is 6.66. The largest absolute Gasteiger partial charge is 0.618 e. The summed E-state index contributed by atoms with van der Waals surface area (Å²) in [5.41, 5.74) is 2.89. The molecule has 0 fully saturated rings. The Bertz CT molecular complexity index is 1290. The van der Waals surface area contributed by atoms with Gasteiger partial charge in [-0.1, -0.05) is 68.8 Å². The Morgan fingerprint density at radius 3 is 2.26 bits per heavy atom. The van der Waals surface area contributed by atoms with Gasteiger partial charge in [0, 0.05) is 11.1 Å². The van der Waals surface area contributed by atoms with Crippen molar-refractivity contribution in [3.8, 4) is 11.3 Å². The first kappa shape index (κ1) is 20.9. The molecule has 158 valence electrons. The van der Waals surface area contributed by atoms with E-state index in [1.54, 1.807) is 48.5 Å². The fourth-order valence-corrected chi connectivity index (χ4v) is 3.56. The average Bonchev–Trinajstić information content (AvgIpc) is 2.75. The van der Waals surface area contributed by atoms with Crippen molar-refractivity contribution in [1.29, 1.82) is 0 Å². The number of halogens is 1. The molecule has 31 heavy (non-hydrogen) atoms. The number of hydrogen-bond acceptors (Lipinski definition) is 3. The van der Waals surface area contributed by atoms with Crippen LogP contribution < -0.4 is 15.1 Å². The molecule has 0 aliphatic heterocycles. The molecule has 1 heterocycles. The molecule has 3 aromatic carbocycles. The van der Waals surface area contributed by atoms with Gasteiger partial charge in [0.25, 0.3) is 5.69 Å². The summed E-state index contributed by atoms with van der Waals surface area (Å²) < 4.78 is 1.85. The zero-order valence-electron chi connectivity index (χ0n) is 17.6. The van der Waals surface area contributed by atoms with Crippen LogP contribution in [0.3, 0.4) is 0 Å². The highest BCUT2D eigenvalue weighted by Gasteiger charge is 2.23. The highest BCUT2D eigenvalue weighted by molar-refractivity contribution is 6.30. The van der Waals surface area contributed by atoms with Gasteiger partial charge in [-0.2, -0.15) is 4.73 Å². The fourth-order valence-electron chi connectivity index (χ4n) is 3.44. The molecule has 0 N–H and O–H groups in total. The molecule has 0 unspecified atom stereocenters. The maximum atomic E-state index is 13.3. The van der Waals surface area contributed by atoms with Crippen LogP contribution >= 0.6 is 11.6 Å². The molecule has 5 nitrogen and oxygen atoms in total. The molecule has 0 amide bonds. The number of para-hydroxylation sites is 2. The third-order valence-electron chi connectivity index (χ3n) is 5.21. The van der Waals surface area contributed by atoms with E-state index >= 15 is 0 Å². The van der Waals surface area contributed by atoms with E-state index < -0.39 is 5.56 Å². The fraction of sp³-hybridized carbons (Fsp3) is 0.200. The molecular weight excluding hydrogens is 412 g/mol. The number of nitrogens with zero attached hydrogens (tertiary/aromatic N) is 2. The Balaban J connectivity index is 1.77. The third-order valence-corrected chi connectivity index (χ3v) is 5.46. The van der Waals surface area contributed by atoms with Crippen LogP contribution in [0, 0.1) is 5.21 Å². The number of benzene rings is 3. The predicted molar refractivity (Wildman–Crippen MR) is 123 cm³/mol. The molecule has 0 spiro atoms. The van der Waals surface area contributed by atoms with E-state index in [4.69, 9.17) is 16.4 Å². The smallest absolute Gasteiger partial charge is 0.357 e. The van der Waals surface area contributed by atoms with E-state index in [9.17, 15) is 10.0 Å². The van der Waals surface area contributed by atoms with Crippen molar-refractivity contribution in [3.05, 3.63) is 105 Å². The summed E-state index contributed by atoms with van der Waals surface area (Å²) >= 11 is 5.97. The molecule has 0 saturated carbocycles. The van der Waals surface area contributed by atoms with Crippen molar-refractivity contribution in [3.63, 3.8) is 0 Å². The highest BCUT2D eigenvalue weighted by atomic mass is 35.5. The van der Waals surface area contributed by atoms with E-state index in [1.807, 2.05) is 12.1 Å². The monoisotopic (exact) mass is 434 g/mol. The maximum absolute atomic E-state index is 13.3. The normalized spacial score (nSPS) is 11.6. The first-order chi connectivity index (χ1) is 14.8. The van der Waals surface area contributed by atoms with Crippen molar-refractivity contribution in [1.82, 2.24) is 4.73 Å². The van der Waals surface area contributed by atoms with Gasteiger partial charge in [-0.3, -0.25) is 4.79 Å². The molecular formula is C25H23ClN2O3. The van der Waals surface area contributed by atoms with Crippen molar-refractivity contribution < 1.29 is 9.57 Å². The molecule has 6 heteroatoms. The van der Waals surface area contributed by atoms with Crippen molar-refractivity contribution in [2.45, 2.75) is 32.8 Å². The Morgan fingerprint density at radius 1 is 0.968 bits per heavy atom. The van der Waals surface area contributed by atoms with E-state index in [-0.39, 0.29) is 17.7 Å². The first-order valence-corrected chi connectivity index (χ1v) is 10.4. The number of aromatic nitrogens is 2. The molecule has 0 aliphatic carbocycles. The molecule has 0 atom stereocenters.